The Labute approximate surface area is 182 Å². The summed E-state index contributed by atoms with van der Waals surface area (Å²) in [6, 6.07) is 4.26. The summed E-state index contributed by atoms with van der Waals surface area (Å²) in [5, 5.41) is 0. The maximum atomic E-state index is 12.6. The molecule has 0 aromatic heterocycles. The van der Waals surface area contributed by atoms with Gasteiger partial charge in [0.1, 0.15) is 6.10 Å². The van der Waals surface area contributed by atoms with Crippen molar-refractivity contribution in [2.75, 3.05) is 27.3 Å². The summed E-state index contributed by atoms with van der Waals surface area (Å²) in [6.07, 6.45) is 3.31. The van der Waals surface area contributed by atoms with Gasteiger partial charge in [-0.1, -0.05) is 27.7 Å². The molecule has 0 N–H and O–H groups in total. The van der Waals surface area contributed by atoms with E-state index >= 15 is 0 Å². The Morgan fingerprint density at radius 2 is 1.80 bits per heavy atom. The van der Waals surface area contributed by atoms with Gasteiger partial charge in [0.2, 0.25) is 0 Å². The molecule has 168 valence electrons. The molecule has 0 unspecified atom stereocenters. The Hall–Kier alpha value is -1.75. The van der Waals surface area contributed by atoms with E-state index in [9.17, 15) is 4.79 Å². The van der Waals surface area contributed by atoms with Gasteiger partial charge in [-0.05, 0) is 54.9 Å². The average molecular weight is 418 g/mol. The highest BCUT2D eigenvalue weighted by Gasteiger charge is 2.48. The van der Waals surface area contributed by atoms with Gasteiger partial charge in [0.25, 0.3) is 0 Å². The normalized spacial score (nSPS) is 26.3. The number of carbonyl (C=O) groups excluding carboxylic acids is 1. The number of carbonyl (C=O) groups is 1. The molecule has 0 aliphatic carbocycles. The van der Waals surface area contributed by atoms with Crippen LogP contribution in [0.3, 0.4) is 0 Å². The highest BCUT2D eigenvalue weighted by Crippen LogP contribution is 2.48. The lowest BCUT2D eigenvalue weighted by atomic mass is 9.71. The first kappa shape index (κ1) is 22.9. The lowest BCUT2D eigenvalue weighted by Crippen LogP contribution is -2.58. The minimum atomic E-state index is -0.177. The number of methoxy groups -OCH3 is 2. The zero-order valence-corrected chi connectivity index (χ0v) is 19.8. The van der Waals surface area contributed by atoms with Crippen LogP contribution in [0.25, 0.3) is 0 Å². The number of nitrogens with zero attached hydrogens (tertiary/aromatic N) is 1. The third-order valence-electron chi connectivity index (χ3n) is 6.75. The second kappa shape index (κ2) is 9.17. The van der Waals surface area contributed by atoms with E-state index in [2.05, 4.69) is 51.7 Å². The monoisotopic (exact) mass is 417 g/mol. The first-order valence-corrected chi connectivity index (χ1v) is 11.4. The molecule has 2 aliphatic rings. The van der Waals surface area contributed by atoms with Crippen LogP contribution in [0.15, 0.2) is 12.1 Å². The summed E-state index contributed by atoms with van der Waals surface area (Å²) in [6.45, 7) is 12.9. The molecule has 3 atom stereocenters. The van der Waals surface area contributed by atoms with Gasteiger partial charge in [0.05, 0.1) is 14.2 Å². The lowest BCUT2D eigenvalue weighted by Gasteiger charge is -2.54. The molecule has 0 saturated carbocycles. The molecule has 5 heteroatoms. The fourth-order valence-electron chi connectivity index (χ4n) is 5.31. The summed E-state index contributed by atoms with van der Waals surface area (Å²) in [5.41, 5.74) is 2.41. The van der Waals surface area contributed by atoms with Gasteiger partial charge in [-0.15, -0.1) is 0 Å². The van der Waals surface area contributed by atoms with Crippen molar-refractivity contribution in [2.45, 2.75) is 71.9 Å². The Balaban J connectivity index is 1.94. The molecule has 2 heterocycles. The fraction of sp³-hybridized carbons (Fsp3) is 0.720. The van der Waals surface area contributed by atoms with E-state index in [-0.39, 0.29) is 17.6 Å². The molecular weight excluding hydrogens is 378 g/mol. The van der Waals surface area contributed by atoms with E-state index < -0.39 is 0 Å². The lowest BCUT2D eigenvalue weighted by molar-refractivity contribution is -0.162. The summed E-state index contributed by atoms with van der Waals surface area (Å²) in [4.78, 5) is 15.2. The van der Waals surface area contributed by atoms with Crippen molar-refractivity contribution in [1.82, 2.24) is 4.90 Å². The Bertz CT molecular complexity index is 760. The maximum absolute atomic E-state index is 12.6. The molecule has 1 aromatic rings. The zero-order chi connectivity index (χ0) is 22.1. The quantitative estimate of drug-likeness (QED) is 0.597. The smallest absolute Gasteiger partial charge is 0.306 e. The fourth-order valence-corrected chi connectivity index (χ4v) is 5.31. The standard InChI is InChI=1S/C25H39NO4/c1-16(2)10-19-15-26-9-8-18-12-21(28-6)22(29-7)13-20(18)25(26,5)14-23(19)30-24(27)11-17(3)4/h12-13,16-17,19,23H,8-11,14-15H2,1-7H3/t19-,23-,25-/m1/s1. The highest BCUT2D eigenvalue weighted by atomic mass is 16.5. The Kier molecular flexibility index (Phi) is 7.01. The summed E-state index contributed by atoms with van der Waals surface area (Å²) < 4.78 is 17.3. The first-order chi connectivity index (χ1) is 14.2. The molecule has 5 nitrogen and oxygen atoms in total. The molecule has 0 amide bonds. The SMILES string of the molecule is COc1cc2c(cc1OC)[C@@]1(C)C[C@@H](OC(=O)CC(C)C)[C@H](CC(C)C)CN1CC2. The zero-order valence-electron chi connectivity index (χ0n) is 19.8. The molecule has 0 spiro atoms. The van der Waals surface area contributed by atoms with E-state index in [0.717, 1.165) is 43.9 Å². The molecule has 0 radical (unpaired) electrons. The van der Waals surface area contributed by atoms with Gasteiger partial charge in [-0.3, -0.25) is 9.69 Å². The molecular formula is C25H39NO4. The molecule has 3 rings (SSSR count). The number of esters is 1. The van der Waals surface area contributed by atoms with E-state index in [1.165, 1.54) is 11.1 Å². The van der Waals surface area contributed by atoms with Crippen molar-refractivity contribution >= 4 is 5.97 Å². The third kappa shape index (κ3) is 4.61. The van der Waals surface area contributed by atoms with Crippen LogP contribution in [0.1, 0.15) is 65.0 Å². The topological polar surface area (TPSA) is 48.0 Å². The largest absolute Gasteiger partial charge is 0.493 e. The van der Waals surface area contributed by atoms with E-state index in [0.29, 0.717) is 24.2 Å². The van der Waals surface area contributed by atoms with Gasteiger partial charge in [0.15, 0.2) is 11.5 Å². The minimum absolute atomic E-state index is 0.0565. The number of fused-ring (bicyclic) bond motifs is 3. The van der Waals surface area contributed by atoms with Crippen molar-refractivity contribution in [2.24, 2.45) is 17.8 Å². The molecule has 0 bridgehead atoms. The van der Waals surface area contributed by atoms with Crippen LogP contribution >= 0.6 is 0 Å². The van der Waals surface area contributed by atoms with Gasteiger partial charge in [-0.2, -0.15) is 0 Å². The van der Waals surface area contributed by atoms with Crippen LogP contribution in [0.4, 0.5) is 0 Å². The van der Waals surface area contributed by atoms with E-state index in [4.69, 9.17) is 14.2 Å². The number of hydrogen-bond donors (Lipinski definition) is 0. The van der Waals surface area contributed by atoms with Crippen LogP contribution in [0, 0.1) is 17.8 Å². The molecule has 1 aromatic carbocycles. The summed E-state index contributed by atoms with van der Waals surface area (Å²) in [5.74, 6) is 2.73. The molecule has 2 aliphatic heterocycles. The van der Waals surface area contributed by atoms with Crippen molar-refractivity contribution in [3.63, 3.8) is 0 Å². The van der Waals surface area contributed by atoms with Crippen molar-refractivity contribution in [3.8, 4) is 11.5 Å². The van der Waals surface area contributed by atoms with Gasteiger partial charge < -0.3 is 14.2 Å². The van der Waals surface area contributed by atoms with Crippen LogP contribution in [-0.2, 0) is 21.5 Å². The van der Waals surface area contributed by atoms with Crippen molar-refractivity contribution in [3.05, 3.63) is 23.3 Å². The Morgan fingerprint density at radius 3 is 2.40 bits per heavy atom. The van der Waals surface area contributed by atoms with Gasteiger partial charge >= 0.3 is 5.97 Å². The third-order valence-corrected chi connectivity index (χ3v) is 6.75. The predicted octanol–water partition coefficient (Wildman–Crippen LogP) is 4.80. The number of piperidine rings is 1. The molecule has 1 saturated heterocycles. The van der Waals surface area contributed by atoms with Crippen LogP contribution in [-0.4, -0.2) is 44.3 Å². The molecule has 1 fully saturated rings. The predicted molar refractivity (Wildman–Crippen MR) is 119 cm³/mol. The van der Waals surface area contributed by atoms with Gasteiger partial charge in [0, 0.05) is 37.4 Å². The number of benzene rings is 1. The molecule has 30 heavy (non-hydrogen) atoms. The highest BCUT2D eigenvalue weighted by molar-refractivity contribution is 5.69. The maximum Gasteiger partial charge on any atom is 0.306 e. The van der Waals surface area contributed by atoms with Crippen LogP contribution in [0.5, 0.6) is 11.5 Å². The summed E-state index contributed by atoms with van der Waals surface area (Å²) in [7, 11) is 3.37. The minimum Gasteiger partial charge on any atom is -0.493 e. The number of ether oxygens (including phenoxy) is 3. The van der Waals surface area contributed by atoms with E-state index in [1.807, 2.05) is 0 Å². The van der Waals surface area contributed by atoms with Crippen molar-refractivity contribution in [1.29, 1.82) is 0 Å². The van der Waals surface area contributed by atoms with E-state index in [1.54, 1.807) is 14.2 Å². The summed E-state index contributed by atoms with van der Waals surface area (Å²) >= 11 is 0. The Morgan fingerprint density at radius 1 is 1.13 bits per heavy atom. The van der Waals surface area contributed by atoms with Crippen LogP contribution in [0.2, 0.25) is 0 Å². The number of rotatable bonds is 7. The first-order valence-electron chi connectivity index (χ1n) is 11.4. The second-order valence-corrected chi connectivity index (χ2v) is 10.1. The van der Waals surface area contributed by atoms with Crippen LogP contribution < -0.4 is 9.47 Å². The second-order valence-electron chi connectivity index (χ2n) is 10.1. The average Bonchev–Trinajstić information content (AvgIpc) is 2.66. The van der Waals surface area contributed by atoms with Gasteiger partial charge in [-0.25, -0.2) is 0 Å². The number of hydrogen-bond acceptors (Lipinski definition) is 5. The van der Waals surface area contributed by atoms with Crippen molar-refractivity contribution < 1.29 is 19.0 Å².